The number of methoxy groups -OCH3 is 2. The monoisotopic (exact) mass is 477 g/mol. The predicted octanol–water partition coefficient (Wildman–Crippen LogP) is -1.32. The molecule has 1 aliphatic rings. The van der Waals surface area contributed by atoms with Gasteiger partial charge in [0.2, 0.25) is 12.0 Å². The molecule has 0 aliphatic carbocycles. The van der Waals surface area contributed by atoms with Crippen molar-refractivity contribution in [1.82, 2.24) is 5.32 Å². The van der Waals surface area contributed by atoms with Gasteiger partial charge in [-0.25, -0.2) is 9.59 Å². The highest BCUT2D eigenvalue weighted by molar-refractivity contribution is 5.80. The average Bonchev–Trinajstić information content (AvgIpc) is 2.69. The van der Waals surface area contributed by atoms with Gasteiger partial charge >= 0.3 is 29.8 Å². The lowest BCUT2D eigenvalue weighted by Crippen LogP contribution is -2.69. The molecular weight excluding hydrogens is 450 g/mol. The lowest BCUT2D eigenvalue weighted by molar-refractivity contribution is -0.306. The fourth-order valence-electron chi connectivity index (χ4n) is 3.39. The van der Waals surface area contributed by atoms with E-state index in [4.69, 9.17) is 28.4 Å². The molecule has 1 aliphatic heterocycles. The molecule has 1 heterocycles. The number of carboxylic acid groups (broad SMARTS) is 1. The predicted molar refractivity (Wildman–Crippen MR) is 103 cm³/mol. The Hall–Kier alpha value is -3.26. The highest BCUT2D eigenvalue weighted by atomic mass is 16.7. The molecule has 0 radical (unpaired) electrons. The number of esters is 4. The van der Waals surface area contributed by atoms with E-state index in [1.165, 1.54) is 0 Å². The first kappa shape index (κ1) is 27.8. The molecule has 6 atom stereocenters. The molecule has 0 unspecified atom stereocenters. The van der Waals surface area contributed by atoms with Crippen molar-refractivity contribution in [2.24, 2.45) is 0 Å². The molecule has 0 bridgehead atoms. The summed E-state index contributed by atoms with van der Waals surface area (Å²) in [7, 11) is 2.09. The molecule has 186 valence electrons. The number of nitrogens with one attached hydrogen (secondary N) is 1. The minimum Gasteiger partial charge on any atom is -0.478 e. The van der Waals surface area contributed by atoms with Crippen molar-refractivity contribution >= 4 is 35.8 Å². The van der Waals surface area contributed by atoms with E-state index in [0.717, 1.165) is 41.9 Å². The van der Waals surface area contributed by atoms with Gasteiger partial charge in [-0.1, -0.05) is 0 Å². The van der Waals surface area contributed by atoms with Crippen molar-refractivity contribution in [2.45, 2.75) is 70.4 Å². The molecule has 1 fully saturated rings. The van der Waals surface area contributed by atoms with Gasteiger partial charge in [-0.3, -0.25) is 19.2 Å². The Morgan fingerprint density at radius 3 is 1.94 bits per heavy atom. The number of ether oxygens (including phenoxy) is 6. The molecule has 1 amide bonds. The van der Waals surface area contributed by atoms with E-state index >= 15 is 0 Å². The van der Waals surface area contributed by atoms with Crippen molar-refractivity contribution in [1.29, 1.82) is 0 Å². The summed E-state index contributed by atoms with van der Waals surface area (Å²) in [6.07, 6.45) is -7.59. The first-order chi connectivity index (χ1) is 15.3. The van der Waals surface area contributed by atoms with Gasteiger partial charge in [0.15, 0.2) is 6.10 Å². The molecule has 14 heteroatoms. The van der Waals surface area contributed by atoms with Crippen LogP contribution in [0, 0.1) is 0 Å². The topological polar surface area (TPSA) is 190 Å². The molecule has 1 rings (SSSR count). The number of hydrogen-bond acceptors (Lipinski definition) is 12. The summed E-state index contributed by atoms with van der Waals surface area (Å²) >= 11 is 0. The Labute approximate surface area is 188 Å². The molecule has 1 saturated heterocycles. The standard InChI is InChI=1S/C19H27NO13/c1-8(21)20-13-12(30-9(2)22)7-19(29-6,18(27)28-5)33-14(13)15(31-10(3)23)16(17(25)26)32-11(4)24/h12-16H,7H2,1-6H3,(H,20,21)(H,25,26)/t12-,13+,14+,15-,16-,19+/m0/s1. The zero-order valence-electron chi connectivity index (χ0n) is 18.9. The zero-order chi connectivity index (χ0) is 25.5. The quantitative estimate of drug-likeness (QED) is 0.294. The van der Waals surface area contributed by atoms with Gasteiger partial charge in [-0.2, -0.15) is 0 Å². The van der Waals surface area contributed by atoms with E-state index in [9.17, 15) is 33.9 Å². The first-order valence-corrected chi connectivity index (χ1v) is 9.60. The Morgan fingerprint density at radius 2 is 1.55 bits per heavy atom. The Morgan fingerprint density at radius 1 is 0.970 bits per heavy atom. The normalized spacial score (nSPS) is 26.2. The number of carboxylic acids is 1. The van der Waals surface area contributed by atoms with Crippen LogP contribution in [0.1, 0.15) is 34.1 Å². The van der Waals surface area contributed by atoms with E-state index < -0.39 is 78.4 Å². The van der Waals surface area contributed by atoms with E-state index in [0.29, 0.717) is 0 Å². The first-order valence-electron chi connectivity index (χ1n) is 9.60. The van der Waals surface area contributed by atoms with E-state index in [1.807, 2.05) is 0 Å². The van der Waals surface area contributed by atoms with Crippen LogP contribution in [0.5, 0.6) is 0 Å². The molecule has 0 saturated carbocycles. The maximum atomic E-state index is 12.5. The van der Waals surface area contributed by atoms with Crippen molar-refractivity contribution in [2.75, 3.05) is 14.2 Å². The maximum absolute atomic E-state index is 12.5. The highest BCUT2D eigenvalue weighted by Gasteiger charge is 2.59. The number of amides is 1. The van der Waals surface area contributed by atoms with Crippen molar-refractivity contribution in [3.63, 3.8) is 0 Å². The molecule has 0 spiro atoms. The summed E-state index contributed by atoms with van der Waals surface area (Å²) < 4.78 is 30.8. The molecular formula is C19H27NO13. The highest BCUT2D eigenvalue weighted by Crippen LogP contribution is 2.36. The number of carbonyl (C=O) groups is 6. The second-order valence-electron chi connectivity index (χ2n) is 7.05. The fraction of sp³-hybridized carbons (Fsp3) is 0.684. The van der Waals surface area contributed by atoms with Crippen LogP contribution >= 0.6 is 0 Å². The van der Waals surface area contributed by atoms with Crippen LogP contribution in [0.25, 0.3) is 0 Å². The number of hydrogen-bond donors (Lipinski definition) is 2. The Bertz CT molecular complexity index is 797. The molecule has 0 aromatic rings. The average molecular weight is 477 g/mol. The van der Waals surface area contributed by atoms with Crippen LogP contribution in [0.15, 0.2) is 0 Å². The van der Waals surface area contributed by atoms with E-state index in [2.05, 4.69) is 5.32 Å². The van der Waals surface area contributed by atoms with Crippen LogP contribution in [0.3, 0.4) is 0 Å². The number of aliphatic carboxylic acids is 1. The summed E-state index contributed by atoms with van der Waals surface area (Å²) in [4.78, 5) is 71.4. The SMILES string of the molecule is COC(=O)[C@@]1(OC)C[C@H](OC(C)=O)[C@@H](NC(C)=O)[C@H]([C@H](OC(C)=O)[C@H](OC(C)=O)C(=O)O)O1. The third-order valence-corrected chi connectivity index (χ3v) is 4.52. The summed E-state index contributed by atoms with van der Waals surface area (Å²) in [5.41, 5.74) is 0. The van der Waals surface area contributed by atoms with E-state index in [-0.39, 0.29) is 0 Å². The largest absolute Gasteiger partial charge is 0.478 e. The minimum atomic E-state index is -2.26. The summed E-state index contributed by atoms with van der Waals surface area (Å²) in [5, 5.41) is 12.1. The van der Waals surface area contributed by atoms with Crippen LogP contribution in [-0.4, -0.2) is 91.3 Å². The molecule has 14 nitrogen and oxygen atoms in total. The van der Waals surface area contributed by atoms with Gasteiger partial charge in [0.1, 0.15) is 12.2 Å². The van der Waals surface area contributed by atoms with Gasteiger partial charge in [0.05, 0.1) is 19.6 Å². The Balaban J connectivity index is 3.74. The summed E-state index contributed by atoms with van der Waals surface area (Å²) in [5.74, 6) is -8.58. The smallest absolute Gasteiger partial charge is 0.366 e. The second kappa shape index (κ2) is 11.6. The van der Waals surface area contributed by atoms with Gasteiger partial charge < -0.3 is 38.8 Å². The second-order valence-corrected chi connectivity index (χ2v) is 7.05. The fourth-order valence-corrected chi connectivity index (χ4v) is 3.39. The van der Waals surface area contributed by atoms with Gasteiger partial charge in [0, 0.05) is 34.8 Å². The molecule has 0 aromatic carbocycles. The van der Waals surface area contributed by atoms with Crippen LogP contribution in [0.2, 0.25) is 0 Å². The Kier molecular flexibility index (Phi) is 9.73. The minimum absolute atomic E-state index is 0.477. The van der Waals surface area contributed by atoms with Crippen LogP contribution in [-0.2, 0) is 57.2 Å². The maximum Gasteiger partial charge on any atom is 0.366 e. The van der Waals surface area contributed by atoms with Crippen molar-refractivity contribution in [3.05, 3.63) is 0 Å². The summed E-state index contributed by atoms with van der Waals surface area (Å²) in [6, 6.07) is -1.36. The van der Waals surface area contributed by atoms with Gasteiger partial charge in [0.25, 0.3) is 5.79 Å². The lowest BCUT2D eigenvalue weighted by Gasteiger charge is -2.47. The molecule has 2 N–H and O–H groups in total. The third kappa shape index (κ3) is 7.12. The van der Waals surface area contributed by atoms with Crippen molar-refractivity contribution in [3.8, 4) is 0 Å². The van der Waals surface area contributed by atoms with Crippen LogP contribution in [0.4, 0.5) is 0 Å². The zero-order valence-corrected chi connectivity index (χ0v) is 18.9. The number of rotatable bonds is 9. The van der Waals surface area contributed by atoms with Crippen molar-refractivity contribution < 1.29 is 62.3 Å². The summed E-state index contributed by atoms with van der Waals surface area (Å²) in [6.45, 7) is 4.04. The number of carbonyl (C=O) groups excluding carboxylic acids is 5. The third-order valence-electron chi connectivity index (χ3n) is 4.52. The van der Waals surface area contributed by atoms with E-state index in [1.54, 1.807) is 0 Å². The van der Waals surface area contributed by atoms with Gasteiger partial charge in [-0.05, 0) is 0 Å². The molecule has 33 heavy (non-hydrogen) atoms. The van der Waals surface area contributed by atoms with Gasteiger partial charge in [-0.15, -0.1) is 0 Å². The lowest BCUT2D eigenvalue weighted by atomic mass is 9.88. The van der Waals surface area contributed by atoms with Crippen LogP contribution < -0.4 is 5.32 Å². The molecule has 0 aromatic heterocycles.